The molecule has 0 bridgehead atoms. The Morgan fingerprint density at radius 2 is 1.95 bits per heavy atom. The van der Waals surface area contributed by atoms with Gasteiger partial charge in [0.05, 0.1) is 11.7 Å². The third-order valence-electron chi connectivity index (χ3n) is 3.02. The van der Waals surface area contributed by atoms with Crippen LogP contribution in [0.15, 0.2) is 36.4 Å². The van der Waals surface area contributed by atoms with E-state index in [9.17, 15) is 4.79 Å². The summed E-state index contributed by atoms with van der Waals surface area (Å²) in [6, 6.07) is 10.3. The number of carbonyl (C=O) groups excluding carboxylic acids is 1. The number of halogens is 1. The van der Waals surface area contributed by atoms with Crippen molar-refractivity contribution in [3.05, 3.63) is 58.1 Å². The summed E-state index contributed by atoms with van der Waals surface area (Å²) in [5, 5.41) is 0.540. The van der Waals surface area contributed by atoms with Gasteiger partial charge in [0.1, 0.15) is 5.75 Å². The minimum atomic E-state index is -0.153. The number of hydrogen-bond donors (Lipinski definition) is 1. The van der Waals surface area contributed by atoms with Gasteiger partial charge in [-0.2, -0.15) is 0 Å². The summed E-state index contributed by atoms with van der Waals surface area (Å²) >= 11 is 6.15. The molecule has 2 aromatic carbocycles. The van der Waals surface area contributed by atoms with E-state index >= 15 is 0 Å². The van der Waals surface area contributed by atoms with Crippen LogP contribution in [0, 0.1) is 6.92 Å². The predicted molar refractivity (Wildman–Crippen MR) is 86.2 cm³/mol. The standard InChI is InChI=1S/C17H18ClNO2/c1-10(2)21-16-7-11(3)15(18)9-14(16)17(20)12-5-4-6-13(19)8-12/h4-10H,19H2,1-3H3. The minimum Gasteiger partial charge on any atom is -0.490 e. The largest absolute Gasteiger partial charge is 0.490 e. The Labute approximate surface area is 129 Å². The molecule has 0 saturated carbocycles. The van der Waals surface area contributed by atoms with Crippen molar-refractivity contribution in [2.75, 3.05) is 5.73 Å². The van der Waals surface area contributed by atoms with E-state index in [-0.39, 0.29) is 11.9 Å². The number of ether oxygens (including phenoxy) is 1. The Kier molecular flexibility index (Phi) is 4.53. The van der Waals surface area contributed by atoms with Crippen LogP contribution in [0.25, 0.3) is 0 Å². The van der Waals surface area contributed by atoms with E-state index in [1.807, 2.05) is 20.8 Å². The van der Waals surface area contributed by atoms with Crippen LogP contribution < -0.4 is 10.5 Å². The van der Waals surface area contributed by atoms with Crippen molar-refractivity contribution < 1.29 is 9.53 Å². The second-order valence-corrected chi connectivity index (χ2v) is 5.63. The van der Waals surface area contributed by atoms with Crippen molar-refractivity contribution >= 4 is 23.1 Å². The molecule has 2 N–H and O–H groups in total. The maximum Gasteiger partial charge on any atom is 0.196 e. The van der Waals surface area contributed by atoms with Crippen LogP contribution in [0.3, 0.4) is 0 Å². The molecule has 0 heterocycles. The molecule has 0 radical (unpaired) electrons. The molecule has 0 spiro atoms. The second-order valence-electron chi connectivity index (χ2n) is 5.22. The third-order valence-corrected chi connectivity index (χ3v) is 3.42. The number of nitrogen functional groups attached to an aromatic ring is 1. The monoisotopic (exact) mass is 303 g/mol. The summed E-state index contributed by atoms with van der Waals surface area (Å²) in [7, 11) is 0. The fraction of sp³-hybridized carbons (Fsp3) is 0.235. The maximum absolute atomic E-state index is 12.7. The van der Waals surface area contributed by atoms with E-state index in [0.29, 0.717) is 27.6 Å². The van der Waals surface area contributed by atoms with Crippen molar-refractivity contribution in [1.82, 2.24) is 0 Å². The summed E-state index contributed by atoms with van der Waals surface area (Å²) < 4.78 is 5.74. The Bertz CT molecular complexity index is 680. The van der Waals surface area contributed by atoms with Crippen molar-refractivity contribution in [1.29, 1.82) is 0 Å². The van der Waals surface area contributed by atoms with E-state index < -0.39 is 0 Å². The normalized spacial score (nSPS) is 10.7. The van der Waals surface area contributed by atoms with Gasteiger partial charge in [-0.15, -0.1) is 0 Å². The first-order valence-corrected chi connectivity index (χ1v) is 7.13. The van der Waals surface area contributed by atoms with Crippen LogP contribution in [0.5, 0.6) is 5.75 Å². The first-order chi connectivity index (χ1) is 9.88. The van der Waals surface area contributed by atoms with Crippen LogP contribution in [0.2, 0.25) is 5.02 Å². The number of benzene rings is 2. The first kappa shape index (κ1) is 15.4. The average Bonchev–Trinajstić information content (AvgIpc) is 2.41. The number of rotatable bonds is 4. The van der Waals surface area contributed by atoms with Crippen LogP contribution in [0.1, 0.15) is 35.3 Å². The highest BCUT2D eigenvalue weighted by Crippen LogP contribution is 2.29. The lowest BCUT2D eigenvalue weighted by molar-refractivity contribution is 0.103. The van der Waals surface area contributed by atoms with E-state index in [2.05, 4.69) is 0 Å². The highest BCUT2D eigenvalue weighted by molar-refractivity contribution is 6.32. The number of nitrogens with two attached hydrogens (primary N) is 1. The van der Waals surface area contributed by atoms with Crippen LogP contribution in [0.4, 0.5) is 5.69 Å². The van der Waals surface area contributed by atoms with Gasteiger partial charge in [0, 0.05) is 16.3 Å². The summed E-state index contributed by atoms with van der Waals surface area (Å²) in [6.45, 7) is 5.71. The molecule has 0 atom stereocenters. The zero-order valence-corrected chi connectivity index (χ0v) is 13.1. The molecule has 0 fully saturated rings. The van der Waals surface area contributed by atoms with E-state index in [1.54, 1.807) is 36.4 Å². The van der Waals surface area contributed by atoms with Gasteiger partial charge in [0.2, 0.25) is 0 Å². The zero-order chi connectivity index (χ0) is 15.6. The molecule has 2 rings (SSSR count). The van der Waals surface area contributed by atoms with Gasteiger partial charge >= 0.3 is 0 Å². The predicted octanol–water partition coefficient (Wildman–Crippen LogP) is 4.25. The van der Waals surface area contributed by atoms with Gasteiger partial charge < -0.3 is 10.5 Å². The van der Waals surface area contributed by atoms with Gasteiger partial charge in [0.15, 0.2) is 5.78 Å². The van der Waals surface area contributed by atoms with E-state index in [1.165, 1.54) is 0 Å². The quantitative estimate of drug-likeness (QED) is 0.678. The average molecular weight is 304 g/mol. The van der Waals surface area contributed by atoms with Crippen molar-refractivity contribution in [3.8, 4) is 5.75 Å². The SMILES string of the molecule is Cc1cc(OC(C)C)c(C(=O)c2cccc(N)c2)cc1Cl. The van der Waals surface area contributed by atoms with Gasteiger partial charge in [0.25, 0.3) is 0 Å². The van der Waals surface area contributed by atoms with Crippen LogP contribution in [-0.2, 0) is 0 Å². The highest BCUT2D eigenvalue weighted by Gasteiger charge is 2.18. The molecule has 0 aromatic heterocycles. The van der Waals surface area contributed by atoms with Crippen LogP contribution >= 0.6 is 11.6 Å². The topological polar surface area (TPSA) is 52.3 Å². The number of aryl methyl sites for hydroxylation is 1. The number of anilines is 1. The summed E-state index contributed by atoms with van der Waals surface area (Å²) in [6.07, 6.45) is -0.0297. The van der Waals surface area contributed by atoms with Gasteiger partial charge in [-0.1, -0.05) is 23.7 Å². The molecule has 3 nitrogen and oxygen atoms in total. The van der Waals surface area contributed by atoms with E-state index in [4.69, 9.17) is 22.1 Å². The lowest BCUT2D eigenvalue weighted by Gasteiger charge is -2.15. The molecule has 4 heteroatoms. The minimum absolute atomic E-state index is 0.0297. The van der Waals surface area contributed by atoms with E-state index in [0.717, 1.165) is 5.56 Å². The summed E-state index contributed by atoms with van der Waals surface area (Å²) in [5.74, 6) is 0.388. The Morgan fingerprint density at radius 3 is 2.57 bits per heavy atom. The molecule has 0 saturated heterocycles. The first-order valence-electron chi connectivity index (χ1n) is 6.75. The van der Waals surface area contributed by atoms with Gasteiger partial charge in [-0.05, 0) is 50.6 Å². The molecular weight excluding hydrogens is 286 g/mol. The number of carbonyl (C=O) groups is 1. The summed E-state index contributed by atoms with van der Waals surface area (Å²) in [4.78, 5) is 12.7. The molecule has 0 aliphatic rings. The molecule has 0 amide bonds. The lowest BCUT2D eigenvalue weighted by atomic mass is 10.0. The smallest absolute Gasteiger partial charge is 0.196 e. The van der Waals surface area contributed by atoms with Gasteiger partial charge in [-0.3, -0.25) is 4.79 Å². The zero-order valence-electron chi connectivity index (χ0n) is 12.3. The second kappa shape index (κ2) is 6.19. The van der Waals surface area contributed by atoms with Crippen molar-refractivity contribution in [2.24, 2.45) is 0 Å². The number of ketones is 1. The fourth-order valence-electron chi connectivity index (χ4n) is 2.02. The maximum atomic E-state index is 12.7. The molecule has 2 aromatic rings. The molecule has 0 aliphatic carbocycles. The molecular formula is C17H18ClNO2. The number of hydrogen-bond acceptors (Lipinski definition) is 3. The van der Waals surface area contributed by atoms with Gasteiger partial charge in [-0.25, -0.2) is 0 Å². The van der Waals surface area contributed by atoms with Crippen molar-refractivity contribution in [3.63, 3.8) is 0 Å². The lowest BCUT2D eigenvalue weighted by Crippen LogP contribution is -2.11. The Hall–Kier alpha value is -2.00. The van der Waals surface area contributed by atoms with Crippen LogP contribution in [-0.4, -0.2) is 11.9 Å². The van der Waals surface area contributed by atoms with Crippen molar-refractivity contribution in [2.45, 2.75) is 26.9 Å². The molecule has 0 unspecified atom stereocenters. The molecule has 110 valence electrons. The third kappa shape index (κ3) is 3.56. The Morgan fingerprint density at radius 1 is 1.24 bits per heavy atom. The fourth-order valence-corrected chi connectivity index (χ4v) is 2.18. The highest BCUT2D eigenvalue weighted by atomic mass is 35.5. The Balaban J connectivity index is 2.51. The molecule has 0 aliphatic heterocycles. The molecule has 21 heavy (non-hydrogen) atoms. The summed E-state index contributed by atoms with van der Waals surface area (Å²) in [5.41, 5.74) is 8.12.